The van der Waals surface area contributed by atoms with Crippen molar-refractivity contribution in [3.05, 3.63) is 25.7 Å². The van der Waals surface area contributed by atoms with Crippen molar-refractivity contribution in [2.75, 3.05) is 0 Å². The predicted octanol–water partition coefficient (Wildman–Crippen LogP) is 5.98. The van der Waals surface area contributed by atoms with Crippen LogP contribution in [0.25, 0.3) is 0 Å². The van der Waals surface area contributed by atoms with E-state index >= 15 is 0 Å². The Labute approximate surface area is 128 Å². The second-order valence-electron chi connectivity index (χ2n) is 5.56. The summed E-state index contributed by atoms with van der Waals surface area (Å²) in [5, 5.41) is 1.42. The lowest BCUT2D eigenvalue weighted by Gasteiger charge is -2.36. The van der Waals surface area contributed by atoms with E-state index in [2.05, 4.69) is 56.5 Å². The van der Waals surface area contributed by atoms with E-state index < -0.39 is 8.32 Å². The van der Waals surface area contributed by atoms with Gasteiger partial charge in [-0.1, -0.05) is 44.0 Å². The molecule has 96 valence electrons. The Morgan fingerprint density at radius 3 is 2.18 bits per heavy atom. The van der Waals surface area contributed by atoms with E-state index in [1.165, 1.54) is 0 Å². The molecule has 0 fully saturated rings. The summed E-state index contributed by atoms with van der Waals surface area (Å²) in [6.07, 6.45) is 0. The number of halogens is 3. The van der Waals surface area contributed by atoms with Gasteiger partial charge in [-0.2, -0.15) is 0 Å². The first-order chi connectivity index (χ1) is 7.54. The summed E-state index contributed by atoms with van der Waals surface area (Å²) in [6.45, 7) is 11.0. The van der Waals surface area contributed by atoms with Gasteiger partial charge in [0.15, 0.2) is 0 Å². The molecule has 1 rings (SSSR count). The summed E-state index contributed by atoms with van der Waals surface area (Å²) in [7, 11) is -1.85. The Morgan fingerprint density at radius 1 is 1.18 bits per heavy atom. The van der Waals surface area contributed by atoms with Crippen molar-refractivity contribution in [1.82, 2.24) is 0 Å². The molecule has 0 aliphatic heterocycles. The Kier molecular flexibility index (Phi) is 4.84. The van der Waals surface area contributed by atoms with E-state index in [0.717, 1.165) is 9.32 Å². The molecule has 0 N–H and O–H groups in total. The third-order valence-electron chi connectivity index (χ3n) is 3.13. The Bertz CT molecular complexity index is 427. The number of benzene rings is 1. The summed E-state index contributed by atoms with van der Waals surface area (Å²) in [5.74, 6) is 0.801. The molecule has 1 aromatic carbocycles. The SMILES string of the molecule is CC(C)(C)[Si](C)(C)Oc1cc(Cl)cc(Cl)c1I. The van der Waals surface area contributed by atoms with Crippen molar-refractivity contribution in [2.24, 2.45) is 0 Å². The van der Waals surface area contributed by atoms with Crippen LogP contribution >= 0.6 is 45.8 Å². The molecule has 17 heavy (non-hydrogen) atoms. The smallest absolute Gasteiger partial charge is 0.250 e. The van der Waals surface area contributed by atoms with Gasteiger partial charge >= 0.3 is 0 Å². The summed E-state index contributed by atoms with van der Waals surface area (Å²) >= 11 is 14.3. The van der Waals surface area contributed by atoms with E-state index in [9.17, 15) is 0 Å². The average molecular weight is 403 g/mol. The van der Waals surface area contributed by atoms with Crippen LogP contribution in [0.2, 0.25) is 28.2 Å². The maximum absolute atomic E-state index is 6.22. The molecule has 0 saturated carbocycles. The zero-order valence-electron chi connectivity index (χ0n) is 10.7. The lowest BCUT2D eigenvalue weighted by molar-refractivity contribution is 0.489. The number of hydrogen-bond acceptors (Lipinski definition) is 1. The van der Waals surface area contributed by atoms with Crippen molar-refractivity contribution < 1.29 is 4.43 Å². The zero-order chi connectivity index (χ0) is 13.4. The first kappa shape index (κ1) is 15.6. The van der Waals surface area contributed by atoms with Gasteiger partial charge in [0.25, 0.3) is 8.32 Å². The summed E-state index contributed by atoms with van der Waals surface area (Å²) in [6, 6.07) is 3.58. The fourth-order valence-electron chi connectivity index (χ4n) is 1.03. The Morgan fingerprint density at radius 2 is 1.71 bits per heavy atom. The van der Waals surface area contributed by atoms with Crippen LogP contribution in [-0.2, 0) is 0 Å². The van der Waals surface area contributed by atoms with Crippen molar-refractivity contribution >= 4 is 54.1 Å². The van der Waals surface area contributed by atoms with Crippen molar-refractivity contribution in [3.8, 4) is 5.75 Å². The van der Waals surface area contributed by atoms with E-state index in [1.807, 2.05) is 6.07 Å². The summed E-state index contributed by atoms with van der Waals surface area (Å²) < 4.78 is 7.15. The van der Waals surface area contributed by atoms with Crippen LogP contribution in [0, 0.1) is 3.57 Å². The van der Waals surface area contributed by atoms with Gasteiger partial charge in [0.05, 0.1) is 8.59 Å². The second-order valence-corrected chi connectivity index (χ2v) is 12.2. The fourth-order valence-corrected chi connectivity index (χ4v) is 3.16. The number of rotatable bonds is 2. The molecular weight excluding hydrogens is 386 g/mol. The van der Waals surface area contributed by atoms with E-state index in [0.29, 0.717) is 10.0 Å². The molecule has 0 aliphatic rings. The van der Waals surface area contributed by atoms with Gasteiger partial charge in [0, 0.05) is 5.02 Å². The fraction of sp³-hybridized carbons (Fsp3) is 0.500. The van der Waals surface area contributed by atoms with Crippen LogP contribution in [0.15, 0.2) is 12.1 Å². The van der Waals surface area contributed by atoms with Crippen LogP contribution in [0.4, 0.5) is 0 Å². The maximum atomic E-state index is 6.22. The molecule has 0 amide bonds. The van der Waals surface area contributed by atoms with E-state index in [1.54, 1.807) is 6.07 Å². The standard InChI is InChI=1S/C12H17Cl2IOSi/c1-12(2,3)17(4,5)16-10-7-8(13)6-9(14)11(10)15/h6-7H,1-5H3. The molecule has 1 nitrogen and oxygen atoms in total. The lowest BCUT2D eigenvalue weighted by atomic mass is 10.2. The highest BCUT2D eigenvalue weighted by atomic mass is 127. The van der Waals surface area contributed by atoms with Crippen LogP contribution in [0.1, 0.15) is 20.8 Å². The molecule has 0 bridgehead atoms. The molecular formula is C12H17Cl2IOSi. The van der Waals surface area contributed by atoms with Gasteiger partial charge < -0.3 is 4.43 Å². The van der Waals surface area contributed by atoms with Crippen LogP contribution in [0.3, 0.4) is 0 Å². The first-order valence-corrected chi connectivity index (χ1v) is 10.1. The minimum atomic E-state index is -1.85. The van der Waals surface area contributed by atoms with Gasteiger partial charge in [-0.25, -0.2) is 0 Å². The maximum Gasteiger partial charge on any atom is 0.250 e. The molecule has 1 aromatic rings. The topological polar surface area (TPSA) is 9.23 Å². The Hall–Kier alpha value is 0.547. The molecule has 0 unspecified atom stereocenters. The van der Waals surface area contributed by atoms with Gasteiger partial charge in [0.2, 0.25) is 0 Å². The molecule has 0 heterocycles. The monoisotopic (exact) mass is 402 g/mol. The minimum Gasteiger partial charge on any atom is -0.543 e. The lowest BCUT2D eigenvalue weighted by Crippen LogP contribution is -2.44. The van der Waals surface area contributed by atoms with Crippen molar-refractivity contribution in [2.45, 2.75) is 38.9 Å². The molecule has 0 aromatic heterocycles. The molecule has 0 atom stereocenters. The highest BCUT2D eigenvalue weighted by Crippen LogP contribution is 2.40. The summed E-state index contributed by atoms with van der Waals surface area (Å²) in [5.41, 5.74) is 0. The van der Waals surface area contributed by atoms with Gasteiger partial charge in [-0.05, 0) is 52.9 Å². The average Bonchev–Trinajstić information content (AvgIpc) is 2.11. The van der Waals surface area contributed by atoms with E-state index in [4.69, 9.17) is 27.6 Å². The van der Waals surface area contributed by atoms with Gasteiger partial charge in [-0.3, -0.25) is 0 Å². The summed E-state index contributed by atoms with van der Waals surface area (Å²) in [4.78, 5) is 0. The van der Waals surface area contributed by atoms with Crippen molar-refractivity contribution in [3.63, 3.8) is 0 Å². The molecule has 0 aliphatic carbocycles. The van der Waals surface area contributed by atoms with Crippen molar-refractivity contribution in [1.29, 1.82) is 0 Å². The highest BCUT2D eigenvalue weighted by Gasteiger charge is 2.39. The molecule has 5 heteroatoms. The van der Waals surface area contributed by atoms with Gasteiger partial charge in [0.1, 0.15) is 5.75 Å². The third-order valence-corrected chi connectivity index (χ3v) is 9.42. The highest BCUT2D eigenvalue weighted by molar-refractivity contribution is 14.1. The molecule has 0 radical (unpaired) electrons. The predicted molar refractivity (Wildman–Crippen MR) is 87.0 cm³/mol. The number of hydrogen-bond donors (Lipinski definition) is 0. The molecule has 0 spiro atoms. The largest absolute Gasteiger partial charge is 0.543 e. The second kappa shape index (κ2) is 5.27. The van der Waals surface area contributed by atoms with E-state index in [-0.39, 0.29) is 5.04 Å². The van der Waals surface area contributed by atoms with Gasteiger partial charge in [-0.15, -0.1) is 0 Å². The van der Waals surface area contributed by atoms with Crippen LogP contribution in [-0.4, -0.2) is 8.32 Å². The quantitative estimate of drug-likeness (QED) is 0.335. The first-order valence-electron chi connectivity index (χ1n) is 5.38. The zero-order valence-corrected chi connectivity index (χ0v) is 15.4. The third kappa shape index (κ3) is 3.75. The van der Waals surface area contributed by atoms with Crippen LogP contribution in [0.5, 0.6) is 5.75 Å². The molecule has 0 saturated heterocycles. The minimum absolute atomic E-state index is 0.158. The Balaban J connectivity index is 3.12. The normalized spacial score (nSPS) is 12.7. The van der Waals surface area contributed by atoms with Crippen LogP contribution < -0.4 is 4.43 Å².